The third-order valence-corrected chi connectivity index (χ3v) is 4.78. The smallest absolute Gasteiger partial charge is 0.410 e. The van der Waals surface area contributed by atoms with Crippen LogP contribution in [0.1, 0.15) is 34.1 Å². The largest absolute Gasteiger partial charge is 0.444 e. The molecule has 0 aromatic heterocycles. The zero-order chi connectivity index (χ0) is 20.9. The molecule has 1 saturated heterocycles. The van der Waals surface area contributed by atoms with E-state index in [1.54, 1.807) is 17.2 Å². The molecule has 6 nitrogen and oxygen atoms in total. The van der Waals surface area contributed by atoms with Crippen LogP contribution in [0.3, 0.4) is 0 Å². The van der Waals surface area contributed by atoms with Gasteiger partial charge in [-0.15, -0.1) is 0 Å². The first kappa shape index (κ1) is 21.7. The summed E-state index contributed by atoms with van der Waals surface area (Å²) in [5.74, 6) is 0.517. The summed E-state index contributed by atoms with van der Waals surface area (Å²) in [6.07, 6.45) is 6.65. The fourth-order valence-electron chi connectivity index (χ4n) is 3.36. The number of amides is 1. The minimum Gasteiger partial charge on any atom is -0.444 e. The quantitative estimate of drug-likeness (QED) is 0.586. The Morgan fingerprint density at radius 2 is 1.93 bits per heavy atom. The Bertz CT molecular complexity index is 723. The molecule has 1 aliphatic heterocycles. The van der Waals surface area contributed by atoms with Gasteiger partial charge in [0.1, 0.15) is 17.2 Å². The lowest BCUT2D eigenvalue weighted by atomic mass is 9.88. The van der Waals surface area contributed by atoms with Crippen molar-refractivity contribution in [2.45, 2.75) is 39.7 Å². The average Bonchev–Trinajstić information content (AvgIpc) is 2.63. The minimum absolute atomic E-state index is 0.00398. The summed E-state index contributed by atoms with van der Waals surface area (Å²) in [7, 11) is 0. The van der Waals surface area contributed by atoms with Gasteiger partial charge < -0.3 is 20.3 Å². The van der Waals surface area contributed by atoms with Crippen molar-refractivity contribution < 1.29 is 13.9 Å². The molecular weight excluding hydrogens is 359 g/mol. The van der Waals surface area contributed by atoms with Crippen LogP contribution in [-0.2, 0) is 4.74 Å². The molecule has 1 atom stereocenters. The molecule has 154 valence electrons. The first-order valence-electron chi connectivity index (χ1n) is 9.52. The van der Waals surface area contributed by atoms with Crippen LogP contribution in [0.25, 0.3) is 0 Å². The SMILES string of the molecule is C=N/C(=C(C)\C(=C/N)C1C=CC(F)=CC1)N1CCN(C(=O)OC(C)(C)C)CC1. The monoisotopic (exact) mass is 390 g/mol. The summed E-state index contributed by atoms with van der Waals surface area (Å²) in [4.78, 5) is 20.3. The summed E-state index contributed by atoms with van der Waals surface area (Å²) in [5, 5.41) is 0. The lowest BCUT2D eigenvalue weighted by Crippen LogP contribution is -2.49. The Balaban J connectivity index is 2.09. The van der Waals surface area contributed by atoms with E-state index in [9.17, 15) is 9.18 Å². The Hall–Kier alpha value is -2.57. The Morgan fingerprint density at radius 1 is 1.32 bits per heavy atom. The topological polar surface area (TPSA) is 71.2 Å². The molecule has 1 fully saturated rings. The van der Waals surface area contributed by atoms with E-state index in [0.717, 1.165) is 17.0 Å². The molecule has 2 N–H and O–H groups in total. The van der Waals surface area contributed by atoms with Crippen molar-refractivity contribution in [2.75, 3.05) is 26.2 Å². The van der Waals surface area contributed by atoms with Crippen LogP contribution < -0.4 is 5.73 Å². The molecule has 28 heavy (non-hydrogen) atoms. The van der Waals surface area contributed by atoms with Crippen LogP contribution in [0.2, 0.25) is 0 Å². The van der Waals surface area contributed by atoms with Gasteiger partial charge in [-0.05, 0) is 70.3 Å². The van der Waals surface area contributed by atoms with Crippen molar-refractivity contribution in [3.05, 3.63) is 47.2 Å². The Labute approximate surface area is 166 Å². The van der Waals surface area contributed by atoms with E-state index in [-0.39, 0.29) is 17.8 Å². The number of carbonyl (C=O) groups is 1. The third kappa shape index (κ3) is 5.47. The van der Waals surface area contributed by atoms with Crippen LogP contribution >= 0.6 is 0 Å². The third-order valence-electron chi connectivity index (χ3n) is 4.78. The van der Waals surface area contributed by atoms with Crippen molar-refractivity contribution in [1.82, 2.24) is 9.80 Å². The predicted molar refractivity (Wildman–Crippen MR) is 110 cm³/mol. The Morgan fingerprint density at radius 3 is 2.39 bits per heavy atom. The maximum Gasteiger partial charge on any atom is 0.410 e. The van der Waals surface area contributed by atoms with Gasteiger partial charge in [0.15, 0.2) is 0 Å². The molecule has 0 bridgehead atoms. The van der Waals surface area contributed by atoms with E-state index >= 15 is 0 Å². The predicted octanol–water partition coefficient (Wildman–Crippen LogP) is 3.74. The number of aliphatic imine (C=N–C) groups is 1. The van der Waals surface area contributed by atoms with Crippen LogP contribution in [0.15, 0.2) is 52.2 Å². The number of nitrogens with two attached hydrogens (primary N) is 1. The molecule has 0 saturated carbocycles. The summed E-state index contributed by atoms with van der Waals surface area (Å²) in [6.45, 7) is 13.6. The maximum absolute atomic E-state index is 13.3. The number of piperazine rings is 1. The van der Waals surface area contributed by atoms with Crippen molar-refractivity contribution in [2.24, 2.45) is 16.6 Å². The highest BCUT2D eigenvalue weighted by atomic mass is 19.1. The first-order valence-corrected chi connectivity index (χ1v) is 9.52. The van der Waals surface area contributed by atoms with Gasteiger partial charge in [-0.3, -0.25) is 0 Å². The lowest BCUT2D eigenvalue weighted by Gasteiger charge is -2.37. The second-order valence-corrected chi connectivity index (χ2v) is 7.97. The van der Waals surface area contributed by atoms with Crippen LogP contribution in [-0.4, -0.2) is 54.4 Å². The van der Waals surface area contributed by atoms with Crippen molar-refractivity contribution >= 4 is 12.8 Å². The summed E-state index contributed by atoms with van der Waals surface area (Å²) in [5.41, 5.74) is 7.18. The normalized spacial score (nSPS) is 21.8. The molecule has 0 aromatic rings. The zero-order valence-electron chi connectivity index (χ0n) is 17.2. The highest BCUT2D eigenvalue weighted by Gasteiger charge is 2.28. The molecule has 0 aromatic carbocycles. The van der Waals surface area contributed by atoms with Crippen LogP contribution in [0.5, 0.6) is 0 Å². The molecule has 2 aliphatic rings. The van der Waals surface area contributed by atoms with Crippen LogP contribution in [0, 0.1) is 5.92 Å². The van der Waals surface area contributed by atoms with E-state index < -0.39 is 5.60 Å². The summed E-state index contributed by atoms with van der Waals surface area (Å²) in [6, 6.07) is 0. The number of carbonyl (C=O) groups excluding carboxylic acids is 1. The molecule has 1 aliphatic carbocycles. The standard InChI is InChI=1S/C21H31FN4O2/c1-15(18(14-23)16-6-8-17(22)9-7-16)19(24-5)25-10-12-26(13-11-25)20(27)28-21(2,3)4/h6,8-9,14,16H,5,7,10-13,23H2,1-4H3/b18-14+,19-15+. The molecule has 0 spiro atoms. The van der Waals surface area contributed by atoms with Gasteiger partial charge in [-0.2, -0.15) is 0 Å². The molecule has 1 amide bonds. The second kappa shape index (κ2) is 9.08. The van der Waals surface area contributed by atoms with Gasteiger partial charge in [-0.1, -0.05) is 6.08 Å². The van der Waals surface area contributed by atoms with Gasteiger partial charge >= 0.3 is 6.09 Å². The molecular formula is C21H31FN4O2. The van der Waals surface area contributed by atoms with Gasteiger partial charge in [0.05, 0.1) is 0 Å². The van der Waals surface area contributed by atoms with Crippen molar-refractivity contribution in [3.63, 3.8) is 0 Å². The molecule has 0 radical (unpaired) electrons. The number of hydrogen-bond acceptors (Lipinski definition) is 5. The lowest BCUT2D eigenvalue weighted by molar-refractivity contribution is 0.0167. The van der Waals surface area contributed by atoms with E-state index in [2.05, 4.69) is 16.6 Å². The molecule has 7 heteroatoms. The first-order chi connectivity index (χ1) is 13.2. The van der Waals surface area contributed by atoms with E-state index in [1.807, 2.05) is 33.8 Å². The average molecular weight is 391 g/mol. The fraction of sp³-hybridized carbons (Fsp3) is 0.524. The van der Waals surface area contributed by atoms with Gasteiger partial charge in [-0.25, -0.2) is 14.2 Å². The number of halogens is 1. The van der Waals surface area contributed by atoms with E-state index in [4.69, 9.17) is 10.5 Å². The minimum atomic E-state index is -0.513. The summed E-state index contributed by atoms with van der Waals surface area (Å²) < 4.78 is 18.7. The number of hydrogen-bond donors (Lipinski definition) is 1. The highest BCUT2D eigenvalue weighted by molar-refractivity contribution is 5.68. The number of allylic oxidation sites excluding steroid dienone is 6. The van der Waals surface area contributed by atoms with Gasteiger partial charge in [0, 0.05) is 32.1 Å². The summed E-state index contributed by atoms with van der Waals surface area (Å²) >= 11 is 0. The van der Waals surface area contributed by atoms with E-state index in [0.29, 0.717) is 32.6 Å². The second-order valence-electron chi connectivity index (χ2n) is 7.97. The van der Waals surface area contributed by atoms with E-state index in [1.165, 1.54) is 6.08 Å². The fourth-order valence-corrected chi connectivity index (χ4v) is 3.36. The van der Waals surface area contributed by atoms with Gasteiger partial charge in [0.25, 0.3) is 0 Å². The Kier molecular flexibility index (Phi) is 7.05. The number of rotatable bonds is 4. The van der Waals surface area contributed by atoms with Crippen molar-refractivity contribution in [1.29, 1.82) is 0 Å². The molecule has 1 heterocycles. The zero-order valence-corrected chi connectivity index (χ0v) is 17.2. The number of ether oxygens (including phenoxy) is 1. The van der Waals surface area contributed by atoms with Gasteiger partial charge in [0.2, 0.25) is 0 Å². The highest BCUT2D eigenvalue weighted by Crippen LogP contribution is 2.31. The molecule has 2 rings (SSSR count). The maximum atomic E-state index is 13.3. The van der Waals surface area contributed by atoms with Crippen molar-refractivity contribution in [3.8, 4) is 0 Å². The molecule has 1 unspecified atom stereocenters. The number of nitrogens with zero attached hydrogens (tertiary/aromatic N) is 3. The van der Waals surface area contributed by atoms with Crippen LogP contribution in [0.4, 0.5) is 9.18 Å².